The maximum atomic E-state index is 12.5. The Morgan fingerprint density at radius 3 is 2.57 bits per heavy atom. The molecule has 2 rings (SSSR count). The predicted octanol–water partition coefficient (Wildman–Crippen LogP) is 2.88. The highest BCUT2D eigenvalue weighted by Gasteiger charge is 2.38. The average Bonchev–Trinajstić information content (AvgIpc) is 2.48. The molecule has 1 aromatic rings. The van der Waals surface area contributed by atoms with Crippen LogP contribution in [0.3, 0.4) is 0 Å². The summed E-state index contributed by atoms with van der Waals surface area (Å²) in [7, 11) is 0. The zero-order valence-corrected chi connectivity index (χ0v) is 13.3. The van der Waals surface area contributed by atoms with Crippen LogP contribution in [0.1, 0.15) is 35.7 Å². The third-order valence-corrected chi connectivity index (χ3v) is 4.78. The second-order valence-electron chi connectivity index (χ2n) is 5.79. The van der Waals surface area contributed by atoms with Gasteiger partial charge in [-0.15, -0.1) is 0 Å². The number of thioether (sulfide) groups is 1. The lowest BCUT2D eigenvalue weighted by molar-refractivity contribution is -0.150. The smallest absolute Gasteiger partial charge is 0.309 e. The molecule has 1 saturated heterocycles. The maximum Gasteiger partial charge on any atom is 0.309 e. The number of aliphatic carboxylic acids is 1. The topological polar surface area (TPSA) is 57.6 Å². The molecule has 0 unspecified atom stereocenters. The molecule has 0 radical (unpaired) electrons. The molecule has 0 aliphatic carbocycles. The molecule has 4 nitrogen and oxygen atoms in total. The van der Waals surface area contributed by atoms with E-state index in [1.165, 1.54) is 0 Å². The Bertz CT molecular complexity index is 536. The van der Waals surface area contributed by atoms with E-state index in [1.54, 1.807) is 23.6 Å². The van der Waals surface area contributed by atoms with Crippen LogP contribution in [-0.4, -0.2) is 41.2 Å². The molecule has 0 bridgehead atoms. The Balaban J connectivity index is 2.05. The summed E-state index contributed by atoms with van der Waals surface area (Å²) < 4.78 is 0. The number of piperidine rings is 1. The van der Waals surface area contributed by atoms with E-state index in [9.17, 15) is 14.7 Å². The first-order valence-corrected chi connectivity index (χ1v) is 8.46. The summed E-state index contributed by atoms with van der Waals surface area (Å²) in [4.78, 5) is 25.5. The number of hydrogen-bond donors (Lipinski definition) is 1. The number of carbonyl (C=O) groups excluding carboxylic acids is 1. The number of likely N-dealkylation sites (tertiary alicyclic amines) is 1. The van der Waals surface area contributed by atoms with E-state index in [0.717, 1.165) is 11.3 Å². The number of carboxylic acids is 1. The van der Waals surface area contributed by atoms with Crippen LogP contribution in [0.15, 0.2) is 24.3 Å². The fourth-order valence-corrected chi connectivity index (χ4v) is 3.07. The number of rotatable bonds is 4. The van der Waals surface area contributed by atoms with Crippen molar-refractivity contribution < 1.29 is 14.7 Å². The average molecular weight is 307 g/mol. The molecular formula is C16H21NO3S. The van der Waals surface area contributed by atoms with Crippen molar-refractivity contribution in [1.82, 2.24) is 4.90 Å². The fourth-order valence-electron chi connectivity index (χ4n) is 2.56. The predicted molar refractivity (Wildman–Crippen MR) is 84.5 cm³/mol. The van der Waals surface area contributed by atoms with Crippen molar-refractivity contribution in [3.05, 3.63) is 35.4 Å². The van der Waals surface area contributed by atoms with Crippen LogP contribution in [0.4, 0.5) is 0 Å². The zero-order chi connectivity index (χ0) is 15.5. The Morgan fingerprint density at radius 1 is 1.33 bits per heavy atom. The highest BCUT2D eigenvalue weighted by atomic mass is 32.2. The van der Waals surface area contributed by atoms with Gasteiger partial charge in [0.1, 0.15) is 0 Å². The second kappa shape index (κ2) is 6.52. The van der Waals surface area contributed by atoms with Crippen LogP contribution >= 0.6 is 11.8 Å². The first kappa shape index (κ1) is 15.9. The van der Waals surface area contributed by atoms with Gasteiger partial charge in [-0.3, -0.25) is 9.59 Å². The van der Waals surface area contributed by atoms with Crippen LogP contribution in [0.25, 0.3) is 0 Å². The maximum absolute atomic E-state index is 12.5. The molecule has 1 aliphatic heterocycles. The molecule has 0 saturated carbocycles. The van der Waals surface area contributed by atoms with Gasteiger partial charge >= 0.3 is 5.97 Å². The van der Waals surface area contributed by atoms with E-state index in [1.807, 2.05) is 30.5 Å². The standard InChI is InChI=1S/C16H21NO3S/c1-16(15(19)20)6-8-17(9-7-16)14(18)13-5-3-4-12(10-13)11-21-2/h3-5,10H,6-9,11H2,1-2H3,(H,19,20). The van der Waals surface area contributed by atoms with Crippen molar-refractivity contribution in [3.8, 4) is 0 Å². The van der Waals surface area contributed by atoms with Crippen molar-refractivity contribution in [1.29, 1.82) is 0 Å². The lowest BCUT2D eigenvalue weighted by Gasteiger charge is -2.36. The summed E-state index contributed by atoms with van der Waals surface area (Å²) in [6, 6.07) is 7.69. The van der Waals surface area contributed by atoms with Crippen LogP contribution < -0.4 is 0 Å². The number of hydrogen-bond acceptors (Lipinski definition) is 3. The van der Waals surface area contributed by atoms with Gasteiger partial charge in [0, 0.05) is 24.4 Å². The lowest BCUT2D eigenvalue weighted by atomic mass is 9.80. The largest absolute Gasteiger partial charge is 0.481 e. The van der Waals surface area contributed by atoms with Crippen molar-refractivity contribution in [2.24, 2.45) is 5.41 Å². The van der Waals surface area contributed by atoms with Gasteiger partial charge in [-0.1, -0.05) is 12.1 Å². The molecule has 0 spiro atoms. The molecule has 1 fully saturated rings. The van der Waals surface area contributed by atoms with E-state index in [2.05, 4.69) is 0 Å². The lowest BCUT2D eigenvalue weighted by Crippen LogP contribution is -2.45. The Morgan fingerprint density at radius 2 is 2.00 bits per heavy atom. The number of carboxylic acid groups (broad SMARTS) is 1. The monoisotopic (exact) mass is 307 g/mol. The number of benzene rings is 1. The summed E-state index contributed by atoms with van der Waals surface area (Å²) in [5, 5.41) is 9.23. The quantitative estimate of drug-likeness (QED) is 0.929. The SMILES string of the molecule is CSCc1cccc(C(=O)N2CCC(C)(C(=O)O)CC2)c1. The van der Waals surface area contributed by atoms with Crippen molar-refractivity contribution in [2.75, 3.05) is 19.3 Å². The highest BCUT2D eigenvalue weighted by Crippen LogP contribution is 2.31. The summed E-state index contributed by atoms with van der Waals surface area (Å²) in [5.41, 5.74) is 1.14. The van der Waals surface area contributed by atoms with E-state index in [4.69, 9.17) is 0 Å². The molecule has 1 amide bonds. The van der Waals surface area contributed by atoms with Gasteiger partial charge in [0.2, 0.25) is 0 Å². The van der Waals surface area contributed by atoms with E-state index in [0.29, 0.717) is 31.5 Å². The van der Waals surface area contributed by atoms with Gasteiger partial charge in [-0.2, -0.15) is 11.8 Å². The third kappa shape index (κ3) is 3.59. The second-order valence-corrected chi connectivity index (χ2v) is 6.66. The molecule has 1 N–H and O–H groups in total. The molecular weight excluding hydrogens is 286 g/mol. The van der Waals surface area contributed by atoms with E-state index in [-0.39, 0.29) is 5.91 Å². The number of amides is 1. The first-order chi connectivity index (χ1) is 9.96. The Hall–Kier alpha value is -1.49. The minimum absolute atomic E-state index is 0.00499. The molecule has 1 aliphatic rings. The third-order valence-electron chi connectivity index (χ3n) is 4.16. The molecule has 0 aromatic heterocycles. The van der Waals surface area contributed by atoms with Gasteiger partial charge in [0.25, 0.3) is 5.91 Å². The zero-order valence-electron chi connectivity index (χ0n) is 12.5. The Kier molecular flexibility index (Phi) is 4.93. The van der Waals surface area contributed by atoms with Gasteiger partial charge < -0.3 is 10.0 Å². The minimum atomic E-state index is -0.767. The van der Waals surface area contributed by atoms with Crippen LogP contribution in [-0.2, 0) is 10.5 Å². The van der Waals surface area contributed by atoms with Crippen LogP contribution in [0.2, 0.25) is 0 Å². The van der Waals surface area contributed by atoms with Gasteiger partial charge in [-0.25, -0.2) is 0 Å². The van der Waals surface area contributed by atoms with E-state index < -0.39 is 11.4 Å². The summed E-state index contributed by atoms with van der Waals surface area (Å²) in [6.45, 7) is 2.78. The van der Waals surface area contributed by atoms with Crippen LogP contribution in [0, 0.1) is 5.41 Å². The molecule has 21 heavy (non-hydrogen) atoms. The number of carbonyl (C=O) groups is 2. The highest BCUT2D eigenvalue weighted by molar-refractivity contribution is 7.97. The minimum Gasteiger partial charge on any atom is -0.481 e. The summed E-state index contributed by atoms with van der Waals surface area (Å²) in [6.07, 6.45) is 3.06. The molecule has 114 valence electrons. The van der Waals surface area contributed by atoms with Crippen molar-refractivity contribution in [3.63, 3.8) is 0 Å². The van der Waals surface area contributed by atoms with Gasteiger partial charge in [0.15, 0.2) is 0 Å². The first-order valence-electron chi connectivity index (χ1n) is 7.07. The molecule has 1 aromatic carbocycles. The van der Waals surface area contributed by atoms with Crippen LogP contribution in [0.5, 0.6) is 0 Å². The summed E-state index contributed by atoms with van der Waals surface area (Å²) in [5.74, 6) is 0.125. The van der Waals surface area contributed by atoms with Gasteiger partial charge in [0.05, 0.1) is 5.41 Å². The molecule has 1 heterocycles. The Labute approximate surface area is 129 Å². The molecule has 5 heteroatoms. The summed E-state index contributed by atoms with van der Waals surface area (Å²) >= 11 is 1.72. The van der Waals surface area contributed by atoms with Crippen molar-refractivity contribution >= 4 is 23.6 Å². The normalized spacial score (nSPS) is 17.5. The van der Waals surface area contributed by atoms with Gasteiger partial charge in [-0.05, 0) is 43.7 Å². The molecule has 0 atom stereocenters. The van der Waals surface area contributed by atoms with E-state index >= 15 is 0 Å². The van der Waals surface area contributed by atoms with Crippen molar-refractivity contribution in [2.45, 2.75) is 25.5 Å². The fraction of sp³-hybridized carbons (Fsp3) is 0.500. The number of nitrogens with zero attached hydrogens (tertiary/aromatic N) is 1.